The van der Waals surface area contributed by atoms with E-state index in [2.05, 4.69) is 252 Å². The fourth-order valence-electron chi connectivity index (χ4n) is 8.94. The highest BCUT2D eigenvalue weighted by molar-refractivity contribution is 6.09. The van der Waals surface area contributed by atoms with Gasteiger partial charge in [0, 0.05) is 33.5 Å². The van der Waals surface area contributed by atoms with Gasteiger partial charge < -0.3 is 9.47 Å². The molecule has 10 aromatic carbocycles. The Labute approximate surface area is 350 Å². The topological polar surface area (TPSA) is 8.17 Å². The Hall–Kier alpha value is -7.94. The number of anilines is 3. The lowest BCUT2D eigenvalue weighted by molar-refractivity contribution is 1.18. The van der Waals surface area contributed by atoms with E-state index in [-0.39, 0.29) is 0 Å². The van der Waals surface area contributed by atoms with E-state index in [4.69, 9.17) is 0 Å². The largest absolute Gasteiger partial charge is 0.310 e. The Morgan fingerprint density at radius 1 is 0.267 bits per heavy atom. The van der Waals surface area contributed by atoms with E-state index in [9.17, 15) is 0 Å². The molecule has 0 fully saturated rings. The average Bonchev–Trinajstić information content (AvgIpc) is 3.67. The minimum absolute atomic E-state index is 1.08. The van der Waals surface area contributed by atoms with Gasteiger partial charge in [-0.25, -0.2) is 0 Å². The number of fused-ring (bicyclic) bond motifs is 4. The molecule has 0 aliphatic heterocycles. The summed E-state index contributed by atoms with van der Waals surface area (Å²) in [7, 11) is 0. The quantitative estimate of drug-likeness (QED) is 0.150. The summed E-state index contributed by atoms with van der Waals surface area (Å²) in [6.45, 7) is 0. The third-order valence-corrected chi connectivity index (χ3v) is 11.8. The number of para-hydroxylation sites is 2. The molecule has 11 rings (SSSR count). The first-order valence-corrected chi connectivity index (χ1v) is 20.6. The molecule has 1 aromatic heterocycles. The summed E-state index contributed by atoms with van der Waals surface area (Å²) >= 11 is 0. The number of hydrogen-bond acceptors (Lipinski definition) is 1. The van der Waals surface area contributed by atoms with Crippen LogP contribution in [0.25, 0.3) is 82.8 Å². The fourth-order valence-corrected chi connectivity index (χ4v) is 8.94. The molecule has 0 aliphatic rings. The molecule has 0 radical (unpaired) electrons. The summed E-state index contributed by atoms with van der Waals surface area (Å²) in [5, 5.41) is 5.03. The van der Waals surface area contributed by atoms with Gasteiger partial charge in [0.1, 0.15) is 0 Å². The smallest absolute Gasteiger partial charge is 0.0541 e. The highest BCUT2D eigenvalue weighted by Crippen LogP contribution is 2.42. The third kappa shape index (κ3) is 6.32. The summed E-state index contributed by atoms with van der Waals surface area (Å²) in [6, 6.07) is 87.8. The number of benzene rings is 10. The molecule has 0 unspecified atom stereocenters. The zero-order chi connectivity index (χ0) is 39.8. The van der Waals surface area contributed by atoms with Gasteiger partial charge in [-0.15, -0.1) is 0 Å². The van der Waals surface area contributed by atoms with Crippen LogP contribution in [0.15, 0.2) is 243 Å². The van der Waals surface area contributed by atoms with Crippen molar-refractivity contribution in [3.8, 4) is 50.2 Å². The molecule has 282 valence electrons. The van der Waals surface area contributed by atoms with Gasteiger partial charge in [0.05, 0.1) is 11.0 Å². The summed E-state index contributed by atoms with van der Waals surface area (Å²) in [4.78, 5) is 2.38. The van der Waals surface area contributed by atoms with Gasteiger partial charge in [0.15, 0.2) is 0 Å². The summed E-state index contributed by atoms with van der Waals surface area (Å²) < 4.78 is 2.38. The molecule has 60 heavy (non-hydrogen) atoms. The van der Waals surface area contributed by atoms with Crippen molar-refractivity contribution in [3.05, 3.63) is 243 Å². The first kappa shape index (κ1) is 35.2. The summed E-state index contributed by atoms with van der Waals surface area (Å²) in [5.74, 6) is 0. The Balaban J connectivity index is 1.02. The van der Waals surface area contributed by atoms with Crippen molar-refractivity contribution in [3.63, 3.8) is 0 Å². The van der Waals surface area contributed by atoms with E-state index >= 15 is 0 Å². The molecule has 0 saturated carbocycles. The van der Waals surface area contributed by atoms with Crippen LogP contribution >= 0.6 is 0 Å². The maximum atomic E-state index is 2.38. The van der Waals surface area contributed by atoms with Gasteiger partial charge in [-0.3, -0.25) is 0 Å². The van der Waals surface area contributed by atoms with Crippen LogP contribution in [0.4, 0.5) is 17.1 Å². The number of hydrogen-bond donors (Lipinski definition) is 0. The second-order valence-corrected chi connectivity index (χ2v) is 15.3. The predicted octanol–water partition coefficient (Wildman–Crippen LogP) is 16.1. The van der Waals surface area contributed by atoms with Crippen molar-refractivity contribution >= 4 is 49.6 Å². The number of aromatic nitrogens is 1. The Bertz CT molecular complexity index is 3230. The van der Waals surface area contributed by atoms with E-state index in [1.165, 1.54) is 71.5 Å². The molecule has 0 N–H and O–H groups in total. The molecular formula is C58H40N2. The van der Waals surface area contributed by atoms with Crippen LogP contribution in [-0.2, 0) is 0 Å². The minimum Gasteiger partial charge on any atom is -0.310 e. The van der Waals surface area contributed by atoms with Gasteiger partial charge >= 0.3 is 0 Å². The molecule has 0 aliphatic carbocycles. The molecule has 11 aromatic rings. The average molecular weight is 765 g/mol. The molecule has 0 atom stereocenters. The zero-order valence-corrected chi connectivity index (χ0v) is 33.0. The van der Waals surface area contributed by atoms with Crippen LogP contribution in [0.5, 0.6) is 0 Å². The zero-order valence-electron chi connectivity index (χ0n) is 33.0. The number of rotatable bonds is 8. The van der Waals surface area contributed by atoms with Gasteiger partial charge in [0.25, 0.3) is 0 Å². The predicted molar refractivity (Wildman–Crippen MR) is 255 cm³/mol. The SMILES string of the molecule is c1ccc(-c2ccc(N(c3ccc(-c4cccc(-n5c6ccccc6c6ccccc65)c4)cc3)c3ccc(-c4cccc5ccccc45)cc3)cc2-c2ccccc2)cc1. The molecule has 1 heterocycles. The van der Waals surface area contributed by atoms with Crippen LogP contribution in [0.3, 0.4) is 0 Å². The van der Waals surface area contributed by atoms with Crippen LogP contribution < -0.4 is 4.90 Å². The molecule has 0 amide bonds. The van der Waals surface area contributed by atoms with E-state index in [0.29, 0.717) is 0 Å². The van der Waals surface area contributed by atoms with Crippen LogP contribution in [0.1, 0.15) is 0 Å². The highest BCUT2D eigenvalue weighted by Gasteiger charge is 2.18. The lowest BCUT2D eigenvalue weighted by Gasteiger charge is -2.27. The van der Waals surface area contributed by atoms with Crippen molar-refractivity contribution in [2.45, 2.75) is 0 Å². The normalized spacial score (nSPS) is 11.3. The molecule has 2 heteroatoms. The minimum atomic E-state index is 1.08. The molecule has 0 spiro atoms. The van der Waals surface area contributed by atoms with E-state index in [1.807, 2.05) is 0 Å². The van der Waals surface area contributed by atoms with Crippen molar-refractivity contribution < 1.29 is 0 Å². The standard InChI is InChI=1S/C58H40N2/c1-3-15-42(16-4-1)53-38-37-50(40-56(53)44-17-5-2-6-18-44)59(48-35-31-45(32-36-48)52-26-14-20-43-19-7-8-23-51(43)52)47-33-29-41(30-34-47)46-21-13-22-49(39-46)60-57-27-11-9-24-54(57)55-25-10-12-28-58(55)60/h1-40H. The van der Waals surface area contributed by atoms with E-state index < -0.39 is 0 Å². The highest BCUT2D eigenvalue weighted by atomic mass is 15.1. The Kier molecular flexibility index (Phi) is 8.87. The van der Waals surface area contributed by atoms with E-state index in [0.717, 1.165) is 28.3 Å². The fraction of sp³-hybridized carbons (Fsp3) is 0. The second-order valence-electron chi connectivity index (χ2n) is 15.3. The maximum Gasteiger partial charge on any atom is 0.0541 e. The van der Waals surface area contributed by atoms with Crippen molar-refractivity contribution in [2.75, 3.05) is 4.90 Å². The monoisotopic (exact) mass is 764 g/mol. The van der Waals surface area contributed by atoms with Gasteiger partial charge in [-0.05, 0) is 116 Å². The van der Waals surface area contributed by atoms with Gasteiger partial charge in [-0.1, -0.05) is 182 Å². The van der Waals surface area contributed by atoms with Gasteiger partial charge in [0.2, 0.25) is 0 Å². The molecular weight excluding hydrogens is 725 g/mol. The Morgan fingerprint density at radius 2 is 0.750 bits per heavy atom. The third-order valence-electron chi connectivity index (χ3n) is 11.8. The molecule has 0 bridgehead atoms. The van der Waals surface area contributed by atoms with E-state index in [1.54, 1.807) is 0 Å². The van der Waals surface area contributed by atoms with Crippen LogP contribution in [-0.4, -0.2) is 4.57 Å². The summed E-state index contributed by atoms with van der Waals surface area (Å²) in [5.41, 5.74) is 16.4. The second kappa shape index (κ2) is 15.1. The Morgan fingerprint density at radius 3 is 1.42 bits per heavy atom. The lowest BCUT2D eigenvalue weighted by atomic mass is 9.93. The first-order chi connectivity index (χ1) is 29.8. The van der Waals surface area contributed by atoms with Crippen molar-refractivity contribution in [1.29, 1.82) is 0 Å². The molecule has 0 saturated heterocycles. The number of nitrogens with zero attached hydrogens (tertiary/aromatic N) is 2. The maximum absolute atomic E-state index is 2.38. The van der Waals surface area contributed by atoms with Crippen LogP contribution in [0.2, 0.25) is 0 Å². The lowest BCUT2D eigenvalue weighted by Crippen LogP contribution is -2.10. The van der Waals surface area contributed by atoms with Gasteiger partial charge in [-0.2, -0.15) is 0 Å². The first-order valence-electron chi connectivity index (χ1n) is 20.6. The molecule has 2 nitrogen and oxygen atoms in total. The summed E-state index contributed by atoms with van der Waals surface area (Å²) in [6.07, 6.45) is 0. The van der Waals surface area contributed by atoms with Crippen molar-refractivity contribution in [2.24, 2.45) is 0 Å². The van der Waals surface area contributed by atoms with Crippen molar-refractivity contribution in [1.82, 2.24) is 4.57 Å². The van der Waals surface area contributed by atoms with Crippen LogP contribution in [0, 0.1) is 0 Å².